The number of hydrogen-bond acceptors (Lipinski definition) is 3. The van der Waals surface area contributed by atoms with Gasteiger partial charge in [-0.3, -0.25) is 0 Å². The van der Waals surface area contributed by atoms with Crippen molar-refractivity contribution in [2.75, 3.05) is 18.0 Å². The molecule has 3 nitrogen and oxygen atoms in total. The maximum absolute atomic E-state index is 9.34. The van der Waals surface area contributed by atoms with E-state index in [2.05, 4.69) is 28.4 Å². The van der Waals surface area contributed by atoms with Gasteiger partial charge in [0.1, 0.15) is 6.07 Å². The molecule has 0 atom stereocenters. The molecule has 1 aliphatic rings. The smallest absolute Gasteiger partial charge is 0.101 e. The Balaban J connectivity index is 2.13. The summed E-state index contributed by atoms with van der Waals surface area (Å²) in [5.41, 5.74) is 3.91. The first-order chi connectivity index (χ1) is 9.79. The predicted octanol–water partition coefficient (Wildman–Crippen LogP) is 3.45. The summed E-state index contributed by atoms with van der Waals surface area (Å²) in [5, 5.41) is 13.3. The molecular formula is C16H14ClN3. The molecular weight excluding hydrogens is 270 g/mol. The zero-order valence-electron chi connectivity index (χ0n) is 10.9. The lowest BCUT2D eigenvalue weighted by Gasteiger charge is -2.25. The van der Waals surface area contributed by atoms with Gasteiger partial charge in [-0.15, -0.1) is 0 Å². The second-order valence-corrected chi connectivity index (χ2v) is 5.17. The highest BCUT2D eigenvalue weighted by Gasteiger charge is 2.18. The maximum Gasteiger partial charge on any atom is 0.101 e. The van der Waals surface area contributed by atoms with Gasteiger partial charge in [0.25, 0.3) is 0 Å². The van der Waals surface area contributed by atoms with Crippen LogP contribution in [0.4, 0.5) is 11.4 Å². The number of anilines is 2. The summed E-state index contributed by atoms with van der Waals surface area (Å²) in [6.07, 6.45) is 0. The highest BCUT2D eigenvalue weighted by Crippen LogP contribution is 2.33. The van der Waals surface area contributed by atoms with Crippen molar-refractivity contribution in [1.82, 2.24) is 5.32 Å². The van der Waals surface area contributed by atoms with Crippen LogP contribution in [-0.4, -0.2) is 13.1 Å². The third-order valence-electron chi connectivity index (χ3n) is 3.48. The second kappa shape index (κ2) is 5.54. The third kappa shape index (κ3) is 2.36. The maximum atomic E-state index is 9.34. The monoisotopic (exact) mass is 283 g/mol. The molecule has 0 bridgehead atoms. The van der Waals surface area contributed by atoms with Gasteiger partial charge >= 0.3 is 0 Å². The fourth-order valence-corrected chi connectivity index (χ4v) is 2.71. The first-order valence-electron chi connectivity index (χ1n) is 6.55. The number of nitriles is 1. The molecule has 0 amide bonds. The summed E-state index contributed by atoms with van der Waals surface area (Å²) in [7, 11) is 0. The van der Waals surface area contributed by atoms with Crippen molar-refractivity contribution >= 4 is 23.0 Å². The van der Waals surface area contributed by atoms with E-state index in [9.17, 15) is 5.26 Å². The van der Waals surface area contributed by atoms with Gasteiger partial charge in [0.15, 0.2) is 0 Å². The molecule has 0 fully saturated rings. The van der Waals surface area contributed by atoms with Crippen LogP contribution in [0.3, 0.4) is 0 Å². The van der Waals surface area contributed by atoms with E-state index in [1.807, 2.05) is 24.3 Å². The number of para-hydroxylation sites is 1. The molecule has 0 saturated carbocycles. The Hall–Kier alpha value is -2.02. The van der Waals surface area contributed by atoms with Crippen molar-refractivity contribution in [3.05, 3.63) is 58.6 Å². The SMILES string of the molecule is N#Cc1cc(Cl)ccc1N1CCNCc2ccccc21. The van der Waals surface area contributed by atoms with Crippen LogP contribution in [0.25, 0.3) is 0 Å². The average Bonchev–Trinajstić information content (AvgIpc) is 2.69. The highest BCUT2D eigenvalue weighted by atomic mass is 35.5. The summed E-state index contributed by atoms with van der Waals surface area (Å²) in [6, 6.07) is 16.0. The van der Waals surface area contributed by atoms with Crippen molar-refractivity contribution in [2.24, 2.45) is 0 Å². The molecule has 1 heterocycles. The Labute approximate surface area is 123 Å². The van der Waals surface area contributed by atoms with Gasteiger partial charge in [-0.25, -0.2) is 0 Å². The van der Waals surface area contributed by atoms with E-state index in [1.165, 1.54) is 5.56 Å². The van der Waals surface area contributed by atoms with E-state index in [0.717, 1.165) is 31.0 Å². The fourth-order valence-electron chi connectivity index (χ4n) is 2.54. The minimum absolute atomic E-state index is 0.589. The molecule has 20 heavy (non-hydrogen) atoms. The summed E-state index contributed by atoms with van der Waals surface area (Å²) in [4.78, 5) is 2.18. The second-order valence-electron chi connectivity index (χ2n) is 4.73. The van der Waals surface area contributed by atoms with Crippen LogP contribution < -0.4 is 10.2 Å². The van der Waals surface area contributed by atoms with Crippen molar-refractivity contribution < 1.29 is 0 Å². The van der Waals surface area contributed by atoms with Crippen LogP contribution in [0.15, 0.2) is 42.5 Å². The predicted molar refractivity (Wildman–Crippen MR) is 81.3 cm³/mol. The molecule has 0 spiro atoms. The number of rotatable bonds is 1. The Bertz CT molecular complexity index is 676. The van der Waals surface area contributed by atoms with Crippen LogP contribution in [0, 0.1) is 11.3 Å². The molecule has 4 heteroatoms. The number of nitrogens with one attached hydrogen (secondary N) is 1. The lowest BCUT2D eigenvalue weighted by molar-refractivity contribution is 0.712. The number of benzene rings is 2. The largest absolute Gasteiger partial charge is 0.339 e. The summed E-state index contributed by atoms with van der Waals surface area (Å²) in [6.45, 7) is 2.55. The zero-order valence-corrected chi connectivity index (χ0v) is 11.7. The molecule has 0 radical (unpaired) electrons. The Kier molecular flexibility index (Phi) is 3.60. The quantitative estimate of drug-likeness (QED) is 0.871. The van der Waals surface area contributed by atoms with Crippen molar-refractivity contribution in [3.63, 3.8) is 0 Å². The number of halogens is 1. The lowest BCUT2D eigenvalue weighted by Crippen LogP contribution is -2.25. The number of fused-ring (bicyclic) bond motifs is 1. The van der Waals surface area contributed by atoms with Crippen LogP contribution in [-0.2, 0) is 6.54 Å². The van der Waals surface area contributed by atoms with Crippen LogP contribution in [0.2, 0.25) is 5.02 Å². The average molecular weight is 284 g/mol. The van der Waals surface area contributed by atoms with E-state index in [-0.39, 0.29) is 0 Å². The van der Waals surface area contributed by atoms with E-state index >= 15 is 0 Å². The molecule has 3 rings (SSSR count). The van der Waals surface area contributed by atoms with Gasteiger partial charge < -0.3 is 10.2 Å². The topological polar surface area (TPSA) is 39.1 Å². The number of hydrogen-bond donors (Lipinski definition) is 1. The first-order valence-corrected chi connectivity index (χ1v) is 6.93. The van der Waals surface area contributed by atoms with Gasteiger partial charge in [0, 0.05) is 30.3 Å². The van der Waals surface area contributed by atoms with Gasteiger partial charge in [-0.2, -0.15) is 5.26 Å². The molecule has 2 aromatic carbocycles. The zero-order chi connectivity index (χ0) is 13.9. The van der Waals surface area contributed by atoms with Crippen molar-refractivity contribution in [2.45, 2.75) is 6.54 Å². The number of nitrogens with zero attached hydrogens (tertiary/aromatic N) is 2. The van der Waals surface area contributed by atoms with E-state index in [4.69, 9.17) is 11.6 Å². The van der Waals surface area contributed by atoms with Crippen LogP contribution in [0.1, 0.15) is 11.1 Å². The normalized spacial score (nSPS) is 14.3. The Morgan fingerprint density at radius 2 is 2.00 bits per heavy atom. The summed E-state index contributed by atoms with van der Waals surface area (Å²) >= 11 is 5.98. The molecule has 0 aliphatic carbocycles. The van der Waals surface area contributed by atoms with Crippen molar-refractivity contribution in [3.8, 4) is 6.07 Å². The van der Waals surface area contributed by atoms with E-state index in [1.54, 1.807) is 6.07 Å². The molecule has 1 N–H and O–H groups in total. The Morgan fingerprint density at radius 1 is 1.15 bits per heavy atom. The molecule has 0 saturated heterocycles. The Morgan fingerprint density at radius 3 is 2.85 bits per heavy atom. The molecule has 2 aromatic rings. The van der Waals surface area contributed by atoms with Crippen LogP contribution in [0.5, 0.6) is 0 Å². The molecule has 0 unspecified atom stereocenters. The van der Waals surface area contributed by atoms with Gasteiger partial charge in [0.2, 0.25) is 0 Å². The van der Waals surface area contributed by atoms with E-state index in [0.29, 0.717) is 10.6 Å². The minimum atomic E-state index is 0.589. The van der Waals surface area contributed by atoms with Gasteiger partial charge in [-0.1, -0.05) is 29.8 Å². The fraction of sp³-hybridized carbons (Fsp3) is 0.188. The van der Waals surface area contributed by atoms with Gasteiger partial charge in [0.05, 0.1) is 11.3 Å². The van der Waals surface area contributed by atoms with Gasteiger partial charge in [-0.05, 0) is 29.8 Å². The first kappa shape index (κ1) is 13.0. The highest BCUT2D eigenvalue weighted by molar-refractivity contribution is 6.30. The summed E-state index contributed by atoms with van der Waals surface area (Å²) in [5.74, 6) is 0. The van der Waals surface area contributed by atoms with E-state index < -0.39 is 0 Å². The lowest BCUT2D eigenvalue weighted by atomic mass is 10.1. The molecule has 0 aromatic heterocycles. The van der Waals surface area contributed by atoms with Crippen LogP contribution >= 0.6 is 11.6 Å². The summed E-state index contributed by atoms with van der Waals surface area (Å²) < 4.78 is 0. The molecule has 1 aliphatic heterocycles. The third-order valence-corrected chi connectivity index (χ3v) is 3.71. The van der Waals surface area contributed by atoms with Crippen molar-refractivity contribution in [1.29, 1.82) is 5.26 Å². The standard InChI is InChI=1S/C16H14ClN3/c17-14-5-6-16(13(9-14)10-18)20-8-7-19-11-12-3-1-2-4-15(12)20/h1-6,9,19H,7-8,11H2. The minimum Gasteiger partial charge on any atom is -0.339 e. The molecule has 100 valence electrons.